The number of nitrogens with zero attached hydrogens (tertiary/aromatic N) is 1. The van der Waals surface area contributed by atoms with E-state index in [2.05, 4.69) is 0 Å². The van der Waals surface area contributed by atoms with Crippen LogP contribution in [0.25, 0.3) is 6.08 Å². The number of aliphatic carboxylic acids is 1. The normalized spacial score (nSPS) is 17.3. The first-order chi connectivity index (χ1) is 11.5. The molecule has 1 N–H and O–H groups in total. The molecule has 6 nitrogen and oxygen atoms in total. The summed E-state index contributed by atoms with van der Waals surface area (Å²) >= 11 is 6.17. The molecule has 1 aromatic rings. The Balaban J connectivity index is 2.19. The van der Waals surface area contributed by atoms with Crippen LogP contribution in [0, 0.1) is 0 Å². The number of carboxylic acids is 1. The Bertz CT molecular complexity index is 659. The Morgan fingerprint density at radius 1 is 1.46 bits per heavy atom. The minimum absolute atomic E-state index is 0.329. The van der Waals surface area contributed by atoms with Crippen molar-refractivity contribution in [3.8, 4) is 11.5 Å². The highest BCUT2D eigenvalue weighted by Gasteiger charge is 2.32. The molecule has 1 fully saturated rings. The predicted octanol–water partition coefficient (Wildman–Crippen LogP) is 2.84. The minimum atomic E-state index is -0.972. The lowest BCUT2D eigenvalue weighted by atomic mass is 10.1. The van der Waals surface area contributed by atoms with Crippen molar-refractivity contribution in [3.63, 3.8) is 0 Å². The van der Waals surface area contributed by atoms with Crippen molar-refractivity contribution in [2.45, 2.75) is 25.8 Å². The maximum Gasteiger partial charge on any atom is 0.326 e. The molecule has 1 heterocycles. The van der Waals surface area contributed by atoms with Gasteiger partial charge in [0, 0.05) is 12.6 Å². The Morgan fingerprint density at radius 2 is 2.21 bits per heavy atom. The van der Waals surface area contributed by atoms with Gasteiger partial charge in [0.25, 0.3) is 0 Å². The van der Waals surface area contributed by atoms with Gasteiger partial charge in [-0.2, -0.15) is 0 Å². The molecule has 0 aliphatic carbocycles. The largest absolute Gasteiger partial charge is 0.491 e. The average molecular weight is 354 g/mol. The molecule has 1 amide bonds. The number of hydrogen-bond donors (Lipinski definition) is 1. The quantitative estimate of drug-likeness (QED) is 0.796. The monoisotopic (exact) mass is 353 g/mol. The molecule has 1 aromatic carbocycles. The Labute approximate surface area is 145 Å². The predicted molar refractivity (Wildman–Crippen MR) is 90.6 cm³/mol. The van der Waals surface area contributed by atoms with Crippen LogP contribution in [0.1, 0.15) is 25.3 Å². The standard InChI is InChI=1S/C17H20ClNO5/c1-3-24-14-10-11(9-12(18)16(14)23-2)6-7-15(20)19-8-4-5-13(19)17(21)22/h6-7,9-10,13H,3-5,8H2,1-2H3,(H,21,22). The number of ether oxygens (including phenoxy) is 2. The van der Waals surface area contributed by atoms with E-state index in [1.54, 1.807) is 18.2 Å². The maximum atomic E-state index is 12.2. The summed E-state index contributed by atoms with van der Waals surface area (Å²) in [4.78, 5) is 24.8. The number of rotatable bonds is 6. The zero-order chi connectivity index (χ0) is 17.7. The van der Waals surface area contributed by atoms with Crippen LogP contribution >= 0.6 is 11.6 Å². The fourth-order valence-corrected chi connectivity index (χ4v) is 2.99. The number of carboxylic acid groups (broad SMARTS) is 1. The Morgan fingerprint density at radius 3 is 2.83 bits per heavy atom. The van der Waals surface area contributed by atoms with E-state index < -0.39 is 12.0 Å². The number of halogens is 1. The van der Waals surface area contributed by atoms with Gasteiger partial charge in [0.05, 0.1) is 18.7 Å². The first-order valence-electron chi connectivity index (χ1n) is 7.69. The highest BCUT2D eigenvalue weighted by molar-refractivity contribution is 6.32. The van der Waals surface area contributed by atoms with E-state index in [1.165, 1.54) is 18.1 Å². The van der Waals surface area contributed by atoms with Gasteiger partial charge in [-0.1, -0.05) is 11.6 Å². The van der Waals surface area contributed by atoms with E-state index in [4.69, 9.17) is 26.2 Å². The van der Waals surface area contributed by atoms with Crippen LogP contribution < -0.4 is 9.47 Å². The number of hydrogen-bond acceptors (Lipinski definition) is 4. The van der Waals surface area contributed by atoms with Crippen LogP contribution in [-0.4, -0.2) is 48.2 Å². The fourth-order valence-electron chi connectivity index (χ4n) is 2.70. The summed E-state index contributed by atoms with van der Waals surface area (Å²) in [5, 5.41) is 9.52. The second-order valence-corrected chi connectivity index (χ2v) is 5.74. The topological polar surface area (TPSA) is 76.1 Å². The third kappa shape index (κ3) is 4.00. The summed E-state index contributed by atoms with van der Waals surface area (Å²) < 4.78 is 10.7. The lowest BCUT2D eigenvalue weighted by molar-refractivity contribution is -0.146. The van der Waals surface area contributed by atoms with Crippen molar-refractivity contribution in [1.29, 1.82) is 0 Å². The molecule has 0 aromatic heterocycles. The lowest BCUT2D eigenvalue weighted by Crippen LogP contribution is -2.39. The molecule has 0 spiro atoms. The van der Waals surface area contributed by atoms with E-state index in [0.29, 0.717) is 48.1 Å². The summed E-state index contributed by atoms with van der Waals surface area (Å²) in [6.45, 7) is 2.75. The third-order valence-electron chi connectivity index (χ3n) is 3.78. The molecule has 1 unspecified atom stereocenters. The number of benzene rings is 1. The first-order valence-corrected chi connectivity index (χ1v) is 8.07. The van der Waals surface area contributed by atoms with Crippen LogP contribution in [0.15, 0.2) is 18.2 Å². The second kappa shape index (κ2) is 8.06. The van der Waals surface area contributed by atoms with Crippen LogP contribution in [0.2, 0.25) is 5.02 Å². The van der Waals surface area contributed by atoms with Gasteiger partial charge in [0.15, 0.2) is 11.5 Å². The van der Waals surface area contributed by atoms with Crippen molar-refractivity contribution in [1.82, 2.24) is 4.90 Å². The number of likely N-dealkylation sites (tertiary alicyclic amines) is 1. The molecule has 7 heteroatoms. The van der Waals surface area contributed by atoms with Crippen LogP contribution in [0.4, 0.5) is 0 Å². The number of carbonyl (C=O) groups excluding carboxylic acids is 1. The van der Waals surface area contributed by atoms with Crippen molar-refractivity contribution in [2.24, 2.45) is 0 Å². The summed E-state index contributed by atoms with van der Waals surface area (Å²) in [5.74, 6) is -0.373. The maximum absolute atomic E-state index is 12.2. The van der Waals surface area contributed by atoms with Gasteiger partial charge in [-0.15, -0.1) is 0 Å². The highest BCUT2D eigenvalue weighted by Crippen LogP contribution is 2.36. The van der Waals surface area contributed by atoms with Gasteiger partial charge in [-0.05, 0) is 43.5 Å². The highest BCUT2D eigenvalue weighted by atomic mass is 35.5. The molecule has 1 aliphatic heterocycles. The van der Waals surface area contributed by atoms with Gasteiger partial charge >= 0.3 is 5.97 Å². The average Bonchev–Trinajstić information content (AvgIpc) is 3.03. The third-order valence-corrected chi connectivity index (χ3v) is 4.06. The van der Waals surface area contributed by atoms with E-state index in [0.717, 1.165) is 0 Å². The van der Waals surface area contributed by atoms with Crippen LogP contribution in [0.3, 0.4) is 0 Å². The van der Waals surface area contributed by atoms with Crippen molar-refractivity contribution in [3.05, 3.63) is 28.8 Å². The molecule has 0 radical (unpaired) electrons. The number of amides is 1. The van der Waals surface area contributed by atoms with Gasteiger partial charge < -0.3 is 19.5 Å². The van der Waals surface area contributed by atoms with Gasteiger partial charge in [-0.3, -0.25) is 4.79 Å². The van der Waals surface area contributed by atoms with Gasteiger partial charge in [-0.25, -0.2) is 4.79 Å². The summed E-state index contributed by atoms with van der Waals surface area (Å²) in [6.07, 6.45) is 4.12. The van der Waals surface area contributed by atoms with Crippen LogP contribution in [0.5, 0.6) is 11.5 Å². The Kier molecular flexibility index (Phi) is 6.09. The molecule has 1 atom stereocenters. The Hall–Kier alpha value is -2.21. The van der Waals surface area contributed by atoms with Crippen molar-refractivity contribution in [2.75, 3.05) is 20.3 Å². The first kappa shape index (κ1) is 18.1. The summed E-state index contributed by atoms with van der Waals surface area (Å²) in [6, 6.07) is 2.63. The molecule has 1 saturated heterocycles. The molecular weight excluding hydrogens is 334 g/mol. The van der Waals surface area contributed by atoms with Crippen molar-refractivity contribution < 1.29 is 24.2 Å². The summed E-state index contributed by atoms with van der Waals surface area (Å²) in [7, 11) is 1.50. The molecule has 1 aliphatic rings. The molecule has 0 saturated carbocycles. The van der Waals surface area contributed by atoms with Crippen LogP contribution in [-0.2, 0) is 9.59 Å². The smallest absolute Gasteiger partial charge is 0.326 e. The second-order valence-electron chi connectivity index (χ2n) is 5.33. The van der Waals surface area contributed by atoms with E-state index >= 15 is 0 Å². The van der Waals surface area contributed by atoms with Gasteiger partial charge in [0.2, 0.25) is 5.91 Å². The molecular formula is C17H20ClNO5. The molecule has 24 heavy (non-hydrogen) atoms. The molecule has 0 bridgehead atoms. The summed E-state index contributed by atoms with van der Waals surface area (Å²) in [5.41, 5.74) is 0.670. The molecule has 2 rings (SSSR count). The molecule has 130 valence electrons. The lowest BCUT2D eigenvalue weighted by Gasteiger charge is -2.19. The number of methoxy groups -OCH3 is 1. The van der Waals surface area contributed by atoms with Gasteiger partial charge in [0.1, 0.15) is 6.04 Å². The van der Waals surface area contributed by atoms with E-state index in [9.17, 15) is 9.59 Å². The van der Waals surface area contributed by atoms with E-state index in [-0.39, 0.29) is 5.91 Å². The van der Waals surface area contributed by atoms with E-state index in [1.807, 2.05) is 6.92 Å². The zero-order valence-electron chi connectivity index (χ0n) is 13.6. The minimum Gasteiger partial charge on any atom is -0.491 e. The SMILES string of the molecule is CCOc1cc(C=CC(=O)N2CCCC2C(=O)O)cc(Cl)c1OC. The number of carbonyl (C=O) groups is 2. The fraction of sp³-hybridized carbons (Fsp3) is 0.412. The van der Waals surface area contributed by atoms with Crippen molar-refractivity contribution >= 4 is 29.6 Å². The zero-order valence-corrected chi connectivity index (χ0v) is 14.4.